The Morgan fingerprint density at radius 2 is 1.65 bits per heavy atom. The molecule has 4 nitrogen and oxygen atoms in total. The maximum atomic E-state index is 10.6. The average molecular weight is 281 g/mol. The number of unbranched alkanes of at least 4 members (excludes halogenated alkanes) is 8. The minimum Gasteiger partial charge on any atom is -0.475 e. The summed E-state index contributed by atoms with van der Waals surface area (Å²) in [5.74, 6) is -0.498. The minimum absolute atomic E-state index is 0.0143. The lowest BCUT2D eigenvalue weighted by Gasteiger charge is -2.03. The molecule has 2 N–H and O–H groups in total. The summed E-state index contributed by atoms with van der Waals surface area (Å²) in [4.78, 5) is 10.6. The van der Waals surface area contributed by atoms with Crippen LogP contribution in [0.25, 0.3) is 0 Å². The predicted octanol–water partition coefficient (Wildman–Crippen LogP) is 4.92. The molecule has 20 heavy (non-hydrogen) atoms. The van der Waals surface area contributed by atoms with E-state index in [1.54, 1.807) is 6.07 Å². The minimum atomic E-state index is -1.03. The molecule has 1 rings (SSSR count). The van der Waals surface area contributed by atoms with Crippen LogP contribution >= 0.6 is 0 Å². The molecule has 0 fully saturated rings. The van der Waals surface area contributed by atoms with E-state index in [-0.39, 0.29) is 5.76 Å². The third-order valence-electron chi connectivity index (χ3n) is 3.40. The van der Waals surface area contributed by atoms with Gasteiger partial charge in [0.2, 0.25) is 5.76 Å². The number of furan rings is 1. The van der Waals surface area contributed by atoms with Gasteiger partial charge in [-0.05, 0) is 12.5 Å². The topological polar surface area (TPSA) is 62.5 Å². The van der Waals surface area contributed by atoms with Gasteiger partial charge in [-0.2, -0.15) is 0 Å². The molecule has 0 aromatic carbocycles. The maximum absolute atomic E-state index is 10.6. The maximum Gasteiger partial charge on any atom is 0.371 e. The van der Waals surface area contributed by atoms with E-state index in [0.717, 1.165) is 13.0 Å². The number of hydrogen-bond acceptors (Lipinski definition) is 3. The largest absolute Gasteiger partial charge is 0.475 e. The number of nitrogens with one attached hydrogen (secondary N) is 1. The highest BCUT2D eigenvalue weighted by atomic mass is 16.4. The molecule has 1 aromatic rings. The fourth-order valence-electron chi connectivity index (χ4n) is 2.20. The van der Waals surface area contributed by atoms with Crippen molar-refractivity contribution in [1.29, 1.82) is 0 Å². The second kappa shape index (κ2) is 10.4. The van der Waals surface area contributed by atoms with Crippen LogP contribution < -0.4 is 5.32 Å². The molecular weight excluding hydrogens is 254 g/mol. The zero-order chi connectivity index (χ0) is 14.6. The van der Waals surface area contributed by atoms with Gasteiger partial charge in [0, 0.05) is 12.6 Å². The monoisotopic (exact) mass is 281 g/mol. The van der Waals surface area contributed by atoms with Crippen LogP contribution in [0.15, 0.2) is 16.5 Å². The third-order valence-corrected chi connectivity index (χ3v) is 3.40. The van der Waals surface area contributed by atoms with Crippen molar-refractivity contribution < 1.29 is 14.3 Å². The van der Waals surface area contributed by atoms with Crippen LogP contribution in [0.4, 0.5) is 5.88 Å². The number of carboxylic acid groups (broad SMARTS) is 1. The number of hydrogen-bond donors (Lipinski definition) is 2. The lowest BCUT2D eigenvalue weighted by Crippen LogP contribution is -2.00. The van der Waals surface area contributed by atoms with Gasteiger partial charge < -0.3 is 14.8 Å². The molecule has 1 aromatic heterocycles. The lowest BCUT2D eigenvalue weighted by molar-refractivity contribution is 0.0663. The molecule has 0 aliphatic carbocycles. The molecule has 0 aliphatic heterocycles. The lowest BCUT2D eigenvalue weighted by atomic mass is 10.1. The van der Waals surface area contributed by atoms with Gasteiger partial charge in [0.25, 0.3) is 0 Å². The quantitative estimate of drug-likeness (QED) is 0.534. The van der Waals surface area contributed by atoms with Gasteiger partial charge in [0.05, 0.1) is 0 Å². The van der Waals surface area contributed by atoms with Gasteiger partial charge in [-0.25, -0.2) is 4.79 Å². The summed E-state index contributed by atoms with van der Waals surface area (Å²) in [5.41, 5.74) is 0. The molecule has 1 heterocycles. The van der Waals surface area contributed by atoms with E-state index in [2.05, 4.69) is 12.2 Å². The van der Waals surface area contributed by atoms with Crippen molar-refractivity contribution in [3.63, 3.8) is 0 Å². The summed E-state index contributed by atoms with van der Waals surface area (Å²) in [6, 6.07) is 3.14. The molecule has 0 amide bonds. The second-order valence-corrected chi connectivity index (χ2v) is 5.22. The predicted molar refractivity (Wildman–Crippen MR) is 81.4 cm³/mol. The highest BCUT2D eigenvalue weighted by Gasteiger charge is 2.07. The van der Waals surface area contributed by atoms with E-state index in [1.165, 1.54) is 57.4 Å². The Kier molecular flexibility index (Phi) is 8.59. The van der Waals surface area contributed by atoms with Crippen LogP contribution in [-0.4, -0.2) is 17.6 Å². The molecule has 0 atom stereocenters. The second-order valence-electron chi connectivity index (χ2n) is 5.22. The van der Waals surface area contributed by atoms with Crippen molar-refractivity contribution in [1.82, 2.24) is 0 Å². The first kappa shape index (κ1) is 16.6. The summed E-state index contributed by atoms with van der Waals surface area (Å²) in [6.45, 7) is 3.08. The van der Waals surface area contributed by atoms with E-state index in [0.29, 0.717) is 5.88 Å². The SMILES string of the molecule is CCCCCCCCCCCNc1ccc(C(=O)O)o1. The molecule has 4 heteroatoms. The summed E-state index contributed by atoms with van der Waals surface area (Å²) in [5, 5.41) is 11.8. The van der Waals surface area contributed by atoms with Gasteiger partial charge >= 0.3 is 5.97 Å². The Labute approximate surface area is 121 Å². The molecule has 0 spiro atoms. The fraction of sp³-hybridized carbons (Fsp3) is 0.688. The van der Waals surface area contributed by atoms with Crippen molar-refractivity contribution in [2.24, 2.45) is 0 Å². The average Bonchev–Trinajstić information content (AvgIpc) is 2.90. The zero-order valence-corrected chi connectivity index (χ0v) is 12.5. The first-order valence-corrected chi connectivity index (χ1v) is 7.81. The number of carboxylic acids is 1. The van der Waals surface area contributed by atoms with E-state index >= 15 is 0 Å². The van der Waals surface area contributed by atoms with Gasteiger partial charge in [0.15, 0.2) is 5.88 Å². The van der Waals surface area contributed by atoms with Crippen LogP contribution in [0, 0.1) is 0 Å². The number of aromatic carboxylic acids is 1. The fourth-order valence-corrected chi connectivity index (χ4v) is 2.20. The zero-order valence-electron chi connectivity index (χ0n) is 12.5. The van der Waals surface area contributed by atoms with Crippen molar-refractivity contribution in [2.75, 3.05) is 11.9 Å². The van der Waals surface area contributed by atoms with E-state index in [4.69, 9.17) is 9.52 Å². The molecule has 0 bridgehead atoms. The van der Waals surface area contributed by atoms with Crippen molar-refractivity contribution in [3.8, 4) is 0 Å². The van der Waals surface area contributed by atoms with Crippen LogP contribution in [-0.2, 0) is 0 Å². The van der Waals surface area contributed by atoms with Gasteiger partial charge in [0.1, 0.15) is 0 Å². The van der Waals surface area contributed by atoms with Gasteiger partial charge in [-0.3, -0.25) is 0 Å². The Balaban J connectivity index is 1.93. The molecule has 0 unspecified atom stereocenters. The highest BCUT2D eigenvalue weighted by Crippen LogP contribution is 2.14. The molecule has 0 aliphatic rings. The normalized spacial score (nSPS) is 10.7. The summed E-state index contributed by atoms with van der Waals surface area (Å²) >= 11 is 0. The summed E-state index contributed by atoms with van der Waals surface area (Å²) in [7, 11) is 0. The van der Waals surface area contributed by atoms with Crippen LogP contribution in [0.5, 0.6) is 0 Å². The first-order valence-electron chi connectivity index (χ1n) is 7.81. The highest BCUT2D eigenvalue weighted by molar-refractivity contribution is 5.84. The Morgan fingerprint density at radius 3 is 2.20 bits per heavy atom. The third kappa shape index (κ3) is 7.22. The van der Waals surface area contributed by atoms with Gasteiger partial charge in [-0.15, -0.1) is 0 Å². The molecule has 114 valence electrons. The van der Waals surface area contributed by atoms with Crippen LogP contribution in [0.1, 0.15) is 75.3 Å². The van der Waals surface area contributed by atoms with Crippen molar-refractivity contribution in [2.45, 2.75) is 64.7 Å². The smallest absolute Gasteiger partial charge is 0.371 e. The number of anilines is 1. The molecule has 0 saturated carbocycles. The Hall–Kier alpha value is -1.45. The van der Waals surface area contributed by atoms with E-state index in [1.807, 2.05) is 0 Å². The van der Waals surface area contributed by atoms with Crippen molar-refractivity contribution >= 4 is 11.9 Å². The number of rotatable bonds is 12. The van der Waals surface area contributed by atoms with Crippen molar-refractivity contribution in [3.05, 3.63) is 17.9 Å². The Morgan fingerprint density at radius 1 is 1.05 bits per heavy atom. The molecular formula is C16H27NO3. The number of carbonyl (C=O) groups is 1. The summed E-state index contributed by atoms with van der Waals surface area (Å²) < 4.78 is 5.12. The van der Waals surface area contributed by atoms with Gasteiger partial charge in [-0.1, -0.05) is 58.3 Å². The summed E-state index contributed by atoms with van der Waals surface area (Å²) in [6.07, 6.45) is 11.7. The molecule has 0 radical (unpaired) electrons. The van der Waals surface area contributed by atoms with E-state index in [9.17, 15) is 4.79 Å². The molecule has 0 saturated heterocycles. The van der Waals surface area contributed by atoms with Crippen LogP contribution in [0.2, 0.25) is 0 Å². The van der Waals surface area contributed by atoms with Crippen LogP contribution in [0.3, 0.4) is 0 Å². The Bertz CT molecular complexity index is 374. The standard InChI is InChI=1S/C16H27NO3/c1-2-3-4-5-6-7-8-9-10-13-17-15-12-11-14(20-15)16(18)19/h11-12,17H,2-10,13H2,1H3,(H,18,19). The first-order chi connectivity index (χ1) is 9.74. The van der Waals surface area contributed by atoms with E-state index < -0.39 is 5.97 Å².